The lowest BCUT2D eigenvalue weighted by molar-refractivity contribution is 0.103. The van der Waals surface area contributed by atoms with Gasteiger partial charge in [0.2, 0.25) is 0 Å². The van der Waals surface area contributed by atoms with E-state index < -0.39 is 0 Å². The predicted octanol–water partition coefficient (Wildman–Crippen LogP) is 7.39. The van der Waals surface area contributed by atoms with Crippen LogP contribution in [0.3, 0.4) is 0 Å². The molecule has 1 N–H and O–H groups in total. The number of ether oxygens (including phenoxy) is 1. The van der Waals surface area contributed by atoms with Crippen LogP contribution in [0.25, 0.3) is 10.1 Å². The lowest BCUT2D eigenvalue weighted by Gasteiger charge is -2.26. The van der Waals surface area contributed by atoms with Gasteiger partial charge in [-0.05, 0) is 99.5 Å². The van der Waals surface area contributed by atoms with Crippen molar-refractivity contribution in [3.63, 3.8) is 0 Å². The number of fused-ring (bicyclic) bond motifs is 1. The van der Waals surface area contributed by atoms with Crippen LogP contribution in [0.2, 0.25) is 0 Å². The molecule has 2 fully saturated rings. The van der Waals surface area contributed by atoms with Gasteiger partial charge in [0.15, 0.2) is 5.78 Å². The van der Waals surface area contributed by atoms with Gasteiger partial charge in [-0.15, -0.1) is 11.3 Å². The second-order valence-corrected chi connectivity index (χ2v) is 11.5. The summed E-state index contributed by atoms with van der Waals surface area (Å²) < 4.78 is 6.97. The van der Waals surface area contributed by atoms with Crippen LogP contribution in [-0.4, -0.2) is 42.0 Å². The van der Waals surface area contributed by atoms with Crippen molar-refractivity contribution in [3.05, 3.63) is 58.5 Å². The van der Waals surface area contributed by atoms with Crippen LogP contribution in [0.5, 0.6) is 11.5 Å². The molecule has 0 radical (unpaired) electrons. The van der Waals surface area contributed by atoms with Crippen molar-refractivity contribution in [3.8, 4) is 11.5 Å². The number of thiophene rings is 1. The molecule has 3 aromatic rings. The molecule has 5 heteroatoms. The molecule has 1 saturated heterocycles. The Hall–Kier alpha value is -2.37. The van der Waals surface area contributed by atoms with Gasteiger partial charge < -0.3 is 14.7 Å². The number of carbonyl (C=O) groups excluding carboxylic acids is 1. The lowest BCUT2D eigenvalue weighted by atomic mass is 9.80. The van der Waals surface area contributed by atoms with Gasteiger partial charge in [-0.3, -0.25) is 4.79 Å². The molecule has 1 aliphatic heterocycles. The predicted molar refractivity (Wildman–Crippen MR) is 144 cm³/mol. The molecular weight excluding hydrogens is 454 g/mol. The Labute approximate surface area is 212 Å². The summed E-state index contributed by atoms with van der Waals surface area (Å²) in [6, 6.07) is 13.1. The summed E-state index contributed by atoms with van der Waals surface area (Å²) in [7, 11) is 0. The average molecular weight is 492 g/mol. The second kappa shape index (κ2) is 11.1. The number of hydrogen-bond acceptors (Lipinski definition) is 5. The summed E-state index contributed by atoms with van der Waals surface area (Å²) in [5, 5.41) is 11.0. The first-order chi connectivity index (χ1) is 17.1. The zero-order valence-corrected chi connectivity index (χ0v) is 21.6. The third-order valence-electron chi connectivity index (χ3n) is 7.69. The maximum Gasteiger partial charge on any atom is 0.194 e. The van der Waals surface area contributed by atoms with Crippen molar-refractivity contribution in [1.29, 1.82) is 0 Å². The van der Waals surface area contributed by atoms with Crippen LogP contribution in [0.15, 0.2) is 42.5 Å². The number of carbonyl (C=O) groups is 1. The molecule has 2 heterocycles. The first-order valence-electron chi connectivity index (χ1n) is 13.3. The minimum absolute atomic E-state index is 0.0758. The fourth-order valence-corrected chi connectivity index (χ4v) is 7.19. The summed E-state index contributed by atoms with van der Waals surface area (Å²) >= 11 is 1.69. The minimum atomic E-state index is 0.0758. The van der Waals surface area contributed by atoms with Crippen LogP contribution >= 0.6 is 11.3 Å². The number of phenolic OH excluding ortho intramolecular Hbond substituents is 1. The molecule has 1 aromatic heterocycles. The molecule has 2 aliphatic rings. The zero-order chi connectivity index (χ0) is 24.2. The van der Waals surface area contributed by atoms with Gasteiger partial charge in [0.05, 0.1) is 6.61 Å². The van der Waals surface area contributed by atoms with Crippen molar-refractivity contribution in [2.75, 3.05) is 26.2 Å². The van der Waals surface area contributed by atoms with E-state index >= 15 is 0 Å². The summed E-state index contributed by atoms with van der Waals surface area (Å²) in [6.45, 7) is 6.55. The van der Waals surface area contributed by atoms with Gasteiger partial charge >= 0.3 is 0 Å². The van der Waals surface area contributed by atoms with Crippen molar-refractivity contribution in [2.45, 2.75) is 64.2 Å². The molecule has 35 heavy (non-hydrogen) atoms. The van der Waals surface area contributed by atoms with Crippen LogP contribution in [0, 0.1) is 5.92 Å². The Morgan fingerprint density at radius 3 is 2.63 bits per heavy atom. The molecule has 186 valence electrons. The Morgan fingerprint density at radius 1 is 1.06 bits per heavy atom. The number of piperidine rings is 1. The van der Waals surface area contributed by atoms with Gasteiger partial charge in [-0.1, -0.05) is 26.2 Å². The summed E-state index contributed by atoms with van der Waals surface area (Å²) in [5.41, 5.74) is 1.53. The van der Waals surface area contributed by atoms with Crippen LogP contribution in [0.1, 0.15) is 85.0 Å². The maximum atomic E-state index is 13.8. The minimum Gasteiger partial charge on any atom is -0.508 e. The topological polar surface area (TPSA) is 49.8 Å². The number of rotatable bonds is 8. The molecule has 4 nitrogen and oxygen atoms in total. The highest BCUT2D eigenvalue weighted by Gasteiger charge is 2.29. The van der Waals surface area contributed by atoms with Crippen molar-refractivity contribution in [2.24, 2.45) is 5.92 Å². The van der Waals surface area contributed by atoms with E-state index in [0.29, 0.717) is 24.0 Å². The summed E-state index contributed by atoms with van der Waals surface area (Å²) in [5.74, 6) is 2.25. The molecule has 2 unspecified atom stereocenters. The van der Waals surface area contributed by atoms with Crippen molar-refractivity contribution in [1.82, 2.24) is 4.90 Å². The molecule has 5 rings (SSSR count). The zero-order valence-electron chi connectivity index (χ0n) is 20.8. The standard InChI is InChI=1S/C30H37NO3S/c1-21-7-5-8-23(19-21)30-28(26-14-11-24(32)20-27(26)35-30)29(33)22-9-12-25(13-10-22)34-18-6-17-31-15-3-2-4-16-31/h9-14,20-21,23,32H,2-8,15-19H2,1H3. The Bertz CT molecular complexity index is 1150. The highest BCUT2D eigenvalue weighted by Crippen LogP contribution is 2.45. The second-order valence-electron chi connectivity index (χ2n) is 10.4. The van der Waals surface area contributed by atoms with Crippen molar-refractivity contribution >= 4 is 27.2 Å². The molecule has 1 saturated carbocycles. The maximum absolute atomic E-state index is 13.8. The molecule has 0 spiro atoms. The average Bonchev–Trinajstić information content (AvgIpc) is 3.26. The summed E-state index contributed by atoms with van der Waals surface area (Å²) in [4.78, 5) is 17.5. The molecule has 1 aliphatic carbocycles. The highest BCUT2D eigenvalue weighted by atomic mass is 32.1. The van der Waals surface area contributed by atoms with Crippen LogP contribution in [-0.2, 0) is 0 Å². The fourth-order valence-electron chi connectivity index (χ4n) is 5.81. The van der Waals surface area contributed by atoms with Gasteiger partial charge in [-0.2, -0.15) is 0 Å². The fraction of sp³-hybridized carbons (Fsp3) is 0.500. The van der Waals surface area contributed by atoms with E-state index in [1.54, 1.807) is 23.5 Å². The largest absolute Gasteiger partial charge is 0.508 e. The Kier molecular flexibility index (Phi) is 7.74. The van der Waals surface area contributed by atoms with E-state index in [1.165, 1.54) is 50.1 Å². The van der Waals surface area contributed by atoms with E-state index in [9.17, 15) is 9.90 Å². The smallest absolute Gasteiger partial charge is 0.194 e. The SMILES string of the molecule is CC1CCCC(c2sc3cc(O)ccc3c2C(=O)c2ccc(OCCCN3CCCCC3)cc2)C1. The number of hydrogen-bond donors (Lipinski definition) is 1. The van der Waals surface area contributed by atoms with E-state index in [-0.39, 0.29) is 11.5 Å². The van der Waals surface area contributed by atoms with Gasteiger partial charge in [-0.25, -0.2) is 0 Å². The van der Waals surface area contributed by atoms with E-state index in [0.717, 1.165) is 47.2 Å². The third-order valence-corrected chi connectivity index (χ3v) is 9.00. The first kappa shape index (κ1) is 24.3. The van der Waals surface area contributed by atoms with E-state index in [4.69, 9.17) is 4.74 Å². The highest BCUT2D eigenvalue weighted by molar-refractivity contribution is 7.19. The molecule has 2 aromatic carbocycles. The number of aromatic hydroxyl groups is 1. The van der Waals surface area contributed by atoms with E-state index in [1.807, 2.05) is 30.3 Å². The normalized spacial score (nSPS) is 21.3. The molecule has 0 bridgehead atoms. The quantitative estimate of drug-likeness (QED) is 0.264. The Morgan fingerprint density at radius 2 is 1.86 bits per heavy atom. The number of nitrogens with zero attached hydrogens (tertiary/aromatic N) is 1. The van der Waals surface area contributed by atoms with Gasteiger partial charge in [0.1, 0.15) is 11.5 Å². The number of benzene rings is 2. The van der Waals surface area contributed by atoms with E-state index in [2.05, 4.69) is 11.8 Å². The van der Waals surface area contributed by atoms with Crippen LogP contribution in [0.4, 0.5) is 0 Å². The molecular formula is C30H37NO3S. The number of likely N-dealkylation sites (tertiary alicyclic amines) is 1. The molecule has 2 atom stereocenters. The summed E-state index contributed by atoms with van der Waals surface area (Å²) in [6.07, 6.45) is 9.77. The monoisotopic (exact) mass is 491 g/mol. The third kappa shape index (κ3) is 5.73. The number of ketones is 1. The van der Waals surface area contributed by atoms with Crippen molar-refractivity contribution < 1.29 is 14.6 Å². The van der Waals surface area contributed by atoms with Gasteiger partial charge in [0.25, 0.3) is 0 Å². The molecule has 0 amide bonds. The van der Waals surface area contributed by atoms with Crippen LogP contribution < -0.4 is 4.74 Å². The first-order valence-corrected chi connectivity index (χ1v) is 14.2. The van der Waals surface area contributed by atoms with Gasteiger partial charge in [0, 0.05) is 32.6 Å². The number of phenols is 1. The lowest BCUT2D eigenvalue weighted by Crippen LogP contribution is -2.31. The Balaban J connectivity index is 1.30.